The molecule has 178 valence electrons. The van der Waals surface area contributed by atoms with Crippen molar-refractivity contribution in [2.24, 2.45) is 5.92 Å². The maximum Gasteiger partial charge on any atom is 0.223 e. The van der Waals surface area contributed by atoms with Gasteiger partial charge in [0, 0.05) is 19.0 Å². The lowest BCUT2D eigenvalue weighted by Gasteiger charge is -2.32. The van der Waals surface area contributed by atoms with E-state index in [2.05, 4.69) is 5.32 Å². The van der Waals surface area contributed by atoms with E-state index < -0.39 is 15.8 Å². The molecule has 1 fully saturated rings. The van der Waals surface area contributed by atoms with Crippen LogP contribution in [0.2, 0.25) is 0 Å². The number of benzene rings is 3. The Labute approximate surface area is 200 Å². The smallest absolute Gasteiger partial charge is 0.223 e. The van der Waals surface area contributed by atoms with E-state index in [1.807, 2.05) is 61.5 Å². The second kappa shape index (κ2) is 10.5. The standard InChI is InChI=1S/C27H29FN2O3S/c1-20-7-5-6-10-25(20)26(22-8-3-2-4-9-22)29-27(31)23-15-17-30(18-16-23)34(32,33)19-21-11-13-24(28)14-12-21/h2-14,23,26H,15-19H2,1H3,(H,29,31)/t26-/m1/s1. The zero-order valence-electron chi connectivity index (χ0n) is 19.2. The molecule has 4 rings (SSSR count). The van der Waals surface area contributed by atoms with Crippen LogP contribution in [0.1, 0.15) is 41.1 Å². The van der Waals surface area contributed by atoms with Gasteiger partial charge in [-0.05, 0) is 54.2 Å². The third-order valence-corrected chi connectivity index (χ3v) is 8.25. The van der Waals surface area contributed by atoms with Crippen molar-refractivity contribution in [3.05, 3.63) is 107 Å². The second-order valence-corrected chi connectivity index (χ2v) is 10.7. The molecule has 1 heterocycles. The van der Waals surface area contributed by atoms with Gasteiger partial charge >= 0.3 is 0 Å². The largest absolute Gasteiger partial charge is 0.345 e. The van der Waals surface area contributed by atoms with Crippen LogP contribution in [0.15, 0.2) is 78.9 Å². The first-order chi connectivity index (χ1) is 16.3. The average Bonchev–Trinajstić information content (AvgIpc) is 2.85. The van der Waals surface area contributed by atoms with E-state index in [1.54, 1.807) is 0 Å². The first-order valence-electron chi connectivity index (χ1n) is 11.5. The van der Waals surface area contributed by atoms with E-state index in [0.29, 0.717) is 31.5 Å². The molecule has 0 unspecified atom stereocenters. The highest BCUT2D eigenvalue weighted by atomic mass is 32.2. The number of sulfonamides is 1. The topological polar surface area (TPSA) is 66.5 Å². The Morgan fingerprint density at radius 2 is 1.59 bits per heavy atom. The summed E-state index contributed by atoms with van der Waals surface area (Å²) >= 11 is 0. The Kier molecular flexibility index (Phi) is 7.44. The fraction of sp³-hybridized carbons (Fsp3) is 0.296. The molecule has 3 aromatic carbocycles. The predicted octanol–water partition coefficient (Wildman–Crippen LogP) is 4.58. The van der Waals surface area contributed by atoms with Gasteiger partial charge in [0.25, 0.3) is 0 Å². The quantitative estimate of drug-likeness (QED) is 0.538. The zero-order valence-corrected chi connectivity index (χ0v) is 20.0. The van der Waals surface area contributed by atoms with Crippen molar-refractivity contribution in [1.29, 1.82) is 0 Å². The number of carbonyl (C=O) groups is 1. The Bertz CT molecular complexity index is 1220. The fourth-order valence-corrected chi connectivity index (χ4v) is 6.00. The highest BCUT2D eigenvalue weighted by molar-refractivity contribution is 7.88. The van der Waals surface area contributed by atoms with Gasteiger partial charge in [-0.15, -0.1) is 0 Å². The predicted molar refractivity (Wildman–Crippen MR) is 131 cm³/mol. The van der Waals surface area contributed by atoms with Crippen molar-refractivity contribution in [1.82, 2.24) is 9.62 Å². The monoisotopic (exact) mass is 480 g/mol. The van der Waals surface area contributed by atoms with Crippen molar-refractivity contribution >= 4 is 15.9 Å². The van der Waals surface area contributed by atoms with Crippen LogP contribution < -0.4 is 5.32 Å². The maximum atomic E-state index is 13.2. The minimum atomic E-state index is -3.53. The van der Waals surface area contributed by atoms with Crippen molar-refractivity contribution < 1.29 is 17.6 Å². The van der Waals surface area contributed by atoms with Gasteiger partial charge in [-0.3, -0.25) is 4.79 Å². The van der Waals surface area contributed by atoms with Crippen molar-refractivity contribution in [3.8, 4) is 0 Å². The van der Waals surface area contributed by atoms with E-state index in [-0.39, 0.29) is 23.6 Å². The van der Waals surface area contributed by atoms with Crippen molar-refractivity contribution in [2.45, 2.75) is 31.6 Å². The van der Waals surface area contributed by atoms with Gasteiger partial charge in [0.15, 0.2) is 0 Å². The summed E-state index contributed by atoms with van der Waals surface area (Å²) in [6.45, 7) is 2.62. The lowest BCUT2D eigenvalue weighted by molar-refractivity contribution is -0.126. The number of hydrogen-bond acceptors (Lipinski definition) is 3. The number of halogens is 1. The normalized spacial score (nSPS) is 16.2. The van der Waals surface area contributed by atoms with Crippen LogP contribution >= 0.6 is 0 Å². The van der Waals surface area contributed by atoms with Gasteiger partial charge in [0.1, 0.15) is 5.82 Å². The van der Waals surface area contributed by atoms with E-state index in [1.165, 1.54) is 28.6 Å². The van der Waals surface area contributed by atoms with Gasteiger partial charge < -0.3 is 5.32 Å². The SMILES string of the molecule is Cc1ccccc1[C@H](NC(=O)C1CCN(S(=O)(=O)Cc2ccc(F)cc2)CC1)c1ccccc1. The highest BCUT2D eigenvalue weighted by Gasteiger charge is 2.32. The fourth-order valence-electron chi connectivity index (χ4n) is 4.44. The molecule has 34 heavy (non-hydrogen) atoms. The van der Waals surface area contributed by atoms with Crippen LogP contribution in [0.5, 0.6) is 0 Å². The van der Waals surface area contributed by atoms with E-state index in [0.717, 1.165) is 16.7 Å². The average molecular weight is 481 g/mol. The Morgan fingerprint density at radius 1 is 0.971 bits per heavy atom. The van der Waals surface area contributed by atoms with Crippen LogP contribution in [0.25, 0.3) is 0 Å². The molecule has 1 saturated heterocycles. The van der Waals surface area contributed by atoms with Gasteiger partial charge in [-0.1, -0.05) is 66.7 Å². The molecule has 1 aliphatic heterocycles. The molecule has 0 saturated carbocycles. The highest BCUT2D eigenvalue weighted by Crippen LogP contribution is 2.27. The summed E-state index contributed by atoms with van der Waals surface area (Å²) in [4.78, 5) is 13.2. The summed E-state index contributed by atoms with van der Waals surface area (Å²) in [5, 5.41) is 3.22. The first kappa shape index (κ1) is 24.1. The number of aryl methyl sites for hydroxylation is 1. The van der Waals surface area contributed by atoms with Crippen molar-refractivity contribution in [2.75, 3.05) is 13.1 Å². The molecule has 3 aromatic rings. The van der Waals surface area contributed by atoms with Gasteiger partial charge in [0.2, 0.25) is 15.9 Å². The molecule has 5 nitrogen and oxygen atoms in total. The Balaban J connectivity index is 1.42. The van der Waals surface area contributed by atoms with Crippen LogP contribution in [-0.2, 0) is 20.6 Å². The van der Waals surface area contributed by atoms with Crippen LogP contribution in [0.3, 0.4) is 0 Å². The molecule has 1 N–H and O–H groups in total. The molecule has 0 bridgehead atoms. The van der Waals surface area contributed by atoms with Crippen LogP contribution in [0, 0.1) is 18.7 Å². The minimum Gasteiger partial charge on any atom is -0.345 e. The number of nitrogens with zero attached hydrogens (tertiary/aromatic N) is 1. The van der Waals surface area contributed by atoms with Gasteiger partial charge in [-0.2, -0.15) is 0 Å². The first-order valence-corrected chi connectivity index (χ1v) is 13.1. The Hall–Kier alpha value is -3.03. The molecule has 0 aliphatic carbocycles. The number of rotatable bonds is 7. The summed E-state index contributed by atoms with van der Waals surface area (Å²) in [6.07, 6.45) is 0.924. The van der Waals surface area contributed by atoms with E-state index in [4.69, 9.17) is 0 Å². The number of nitrogens with one attached hydrogen (secondary N) is 1. The molecule has 0 aromatic heterocycles. The molecule has 1 atom stereocenters. The Morgan fingerprint density at radius 3 is 2.24 bits per heavy atom. The molecule has 1 amide bonds. The second-order valence-electron chi connectivity index (χ2n) is 8.76. The molecule has 7 heteroatoms. The summed E-state index contributed by atoms with van der Waals surface area (Å²) in [5.74, 6) is -0.888. The third-order valence-electron chi connectivity index (χ3n) is 6.40. The lowest BCUT2D eigenvalue weighted by atomic mass is 9.92. The van der Waals surface area contributed by atoms with Crippen molar-refractivity contribution in [3.63, 3.8) is 0 Å². The van der Waals surface area contributed by atoms with Gasteiger partial charge in [0.05, 0.1) is 11.8 Å². The number of piperidine rings is 1. The molecular formula is C27H29FN2O3S. The van der Waals surface area contributed by atoms with Gasteiger partial charge in [-0.25, -0.2) is 17.1 Å². The number of hydrogen-bond donors (Lipinski definition) is 1. The van der Waals surface area contributed by atoms with Crippen LogP contribution in [-0.4, -0.2) is 31.7 Å². The molecule has 1 aliphatic rings. The summed E-state index contributed by atoms with van der Waals surface area (Å²) < 4.78 is 40.2. The van der Waals surface area contributed by atoms with E-state index >= 15 is 0 Å². The number of carbonyl (C=O) groups excluding carboxylic acids is 1. The maximum absolute atomic E-state index is 13.2. The molecule has 0 spiro atoms. The summed E-state index contributed by atoms with van der Waals surface area (Å²) in [5.41, 5.74) is 3.69. The zero-order chi connectivity index (χ0) is 24.1. The summed E-state index contributed by atoms with van der Waals surface area (Å²) in [6, 6.07) is 23.1. The lowest BCUT2D eigenvalue weighted by Crippen LogP contribution is -2.44. The molecule has 0 radical (unpaired) electrons. The molecular weight excluding hydrogens is 451 g/mol. The minimum absolute atomic E-state index is 0.0623. The third kappa shape index (κ3) is 5.72. The number of amides is 1. The van der Waals surface area contributed by atoms with Crippen LogP contribution in [0.4, 0.5) is 4.39 Å². The van der Waals surface area contributed by atoms with E-state index in [9.17, 15) is 17.6 Å². The summed E-state index contributed by atoms with van der Waals surface area (Å²) in [7, 11) is -3.53.